The molecule has 0 aliphatic carbocycles. The lowest BCUT2D eigenvalue weighted by molar-refractivity contribution is -0.141. The molecule has 0 fully saturated rings. The molecule has 4 nitrogen and oxygen atoms in total. The summed E-state index contributed by atoms with van der Waals surface area (Å²) in [6, 6.07) is 7.77. The van der Waals surface area contributed by atoms with Gasteiger partial charge in [0.25, 0.3) is 0 Å². The first-order chi connectivity index (χ1) is 8.71. The van der Waals surface area contributed by atoms with E-state index in [2.05, 4.69) is 5.32 Å². The standard InChI is InChI=1S/C14H21NO3/c1-4-15-13(10-14(16)17-3)11-6-8-12(9-7-11)18-5-2/h6-9,13,15H,4-5,10H2,1-3H3. The van der Waals surface area contributed by atoms with Gasteiger partial charge in [-0.2, -0.15) is 0 Å². The van der Waals surface area contributed by atoms with Crippen LogP contribution in [-0.4, -0.2) is 26.2 Å². The van der Waals surface area contributed by atoms with Crippen molar-refractivity contribution in [3.05, 3.63) is 29.8 Å². The first-order valence-corrected chi connectivity index (χ1v) is 6.24. The van der Waals surface area contributed by atoms with Crippen LogP contribution in [0, 0.1) is 0 Å². The molecule has 1 aromatic rings. The second-order valence-electron chi connectivity index (χ2n) is 3.89. The van der Waals surface area contributed by atoms with Crippen molar-refractivity contribution < 1.29 is 14.3 Å². The van der Waals surface area contributed by atoms with E-state index >= 15 is 0 Å². The Kier molecular flexibility index (Phi) is 6.22. The number of carbonyl (C=O) groups is 1. The monoisotopic (exact) mass is 251 g/mol. The van der Waals surface area contributed by atoms with Crippen molar-refractivity contribution >= 4 is 5.97 Å². The van der Waals surface area contributed by atoms with Crippen molar-refractivity contribution in [3.63, 3.8) is 0 Å². The van der Waals surface area contributed by atoms with E-state index in [1.54, 1.807) is 0 Å². The fourth-order valence-electron chi connectivity index (χ4n) is 1.77. The Labute approximate surface area is 108 Å². The number of ether oxygens (including phenoxy) is 2. The van der Waals surface area contributed by atoms with E-state index in [9.17, 15) is 4.79 Å². The van der Waals surface area contributed by atoms with Crippen LogP contribution in [0.5, 0.6) is 5.75 Å². The highest BCUT2D eigenvalue weighted by molar-refractivity contribution is 5.70. The van der Waals surface area contributed by atoms with Crippen LogP contribution in [0.15, 0.2) is 24.3 Å². The Morgan fingerprint density at radius 2 is 1.94 bits per heavy atom. The normalized spacial score (nSPS) is 11.9. The lowest BCUT2D eigenvalue weighted by atomic mass is 10.0. The van der Waals surface area contributed by atoms with Crippen LogP contribution in [0.1, 0.15) is 31.9 Å². The minimum absolute atomic E-state index is 0.0156. The molecule has 0 spiro atoms. The van der Waals surface area contributed by atoms with Crippen LogP contribution >= 0.6 is 0 Å². The molecule has 4 heteroatoms. The Bertz CT molecular complexity index is 362. The van der Waals surface area contributed by atoms with Crippen molar-refractivity contribution in [2.45, 2.75) is 26.3 Å². The van der Waals surface area contributed by atoms with Crippen LogP contribution < -0.4 is 10.1 Å². The van der Waals surface area contributed by atoms with Crippen molar-refractivity contribution in [3.8, 4) is 5.75 Å². The molecule has 0 saturated heterocycles. The summed E-state index contributed by atoms with van der Waals surface area (Å²) in [5.74, 6) is 0.629. The Morgan fingerprint density at radius 3 is 2.44 bits per heavy atom. The molecule has 0 aliphatic rings. The predicted octanol–water partition coefficient (Wildman–Crippen LogP) is 2.30. The Balaban J connectivity index is 2.75. The number of benzene rings is 1. The van der Waals surface area contributed by atoms with Gasteiger partial charge < -0.3 is 14.8 Å². The van der Waals surface area contributed by atoms with Crippen LogP contribution in [0.4, 0.5) is 0 Å². The van der Waals surface area contributed by atoms with Gasteiger partial charge in [-0.1, -0.05) is 19.1 Å². The van der Waals surface area contributed by atoms with E-state index in [0.717, 1.165) is 17.9 Å². The van der Waals surface area contributed by atoms with Gasteiger partial charge in [-0.25, -0.2) is 0 Å². The summed E-state index contributed by atoms with van der Waals surface area (Å²) in [5, 5.41) is 3.27. The summed E-state index contributed by atoms with van der Waals surface area (Å²) in [7, 11) is 1.41. The van der Waals surface area contributed by atoms with Gasteiger partial charge >= 0.3 is 5.97 Å². The molecule has 0 bridgehead atoms. The maximum atomic E-state index is 11.4. The first kappa shape index (κ1) is 14.5. The van der Waals surface area contributed by atoms with Gasteiger partial charge in [0.15, 0.2) is 0 Å². The van der Waals surface area contributed by atoms with Gasteiger partial charge in [-0.15, -0.1) is 0 Å². The molecule has 1 unspecified atom stereocenters. The summed E-state index contributed by atoms with van der Waals surface area (Å²) < 4.78 is 10.1. The zero-order chi connectivity index (χ0) is 13.4. The van der Waals surface area contributed by atoms with Crippen molar-refractivity contribution in [1.82, 2.24) is 5.32 Å². The topological polar surface area (TPSA) is 47.6 Å². The second-order valence-corrected chi connectivity index (χ2v) is 3.89. The molecule has 1 aromatic carbocycles. The van der Waals surface area contributed by atoms with Crippen LogP contribution in [0.2, 0.25) is 0 Å². The number of hydrogen-bond acceptors (Lipinski definition) is 4. The van der Waals surface area contributed by atoms with Gasteiger partial charge in [0.2, 0.25) is 0 Å². The van der Waals surface area contributed by atoms with Gasteiger partial charge in [0.1, 0.15) is 5.75 Å². The molecule has 0 saturated carbocycles. The van der Waals surface area contributed by atoms with E-state index in [-0.39, 0.29) is 12.0 Å². The van der Waals surface area contributed by atoms with E-state index in [4.69, 9.17) is 9.47 Å². The lowest BCUT2D eigenvalue weighted by Crippen LogP contribution is -2.24. The third-order valence-corrected chi connectivity index (χ3v) is 2.64. The van der Waals surface area contributed by atoms with Crippen molar-refractivity contribution in [2.75, 3.05) is 20.3 Å². The highest BCUT2D eigenvalue weighted by Crippen LogP contribution is 2.20. The van der Waals surface area contributed by atoms with E-state index in [0.29, 0.717) is 13.0 Å². The maximum absolute atomic E-state index is 11.4. The quantitative estimate of drug-likeness (QED) is 0.755. The predicted molar refractivity (Wildman–Crippen MR) is 70.7 cm³/mol. The molecule has 18 heavy (non-hydrogen) atoms. The van der Waals surface area contributed by atoms with Gasteiger partial charge in [0, 0.05) is 6.04 Å². The SMILES string of the molecule is CCNC(CC(=O)OC)c1ccc(OCC)cc1. The van der Waals surface area contributed by atoms with Gasteiger partial charge in [-0.05, 0) is 31.2 Å². The molecule has 1 rings (SSSR count). The number of hydrogen-bond donors (Lipinski definition) is 1. The number of esters is 1. The third kappa shape index (κ3) is 4.37. The molecule has 1 N–H and O–H groups in total. The molecule has 0 amide bonds. The molecular formula is C14H21NO3. The second kappa shape index (κ2) is 7.71. The minimum Gasteiger partial charge on any atom is -0.494 e. The van der Waals surface area contributed by atoms with Crippen LogP contribution in [0.3, 0.4) is 0 Å². The fourth-order valence-corrected chi connectivity index (χ4v) is 1.77. The molecule has 0 aromatic heterocycles. The summed E-state index contributed by atoms with van der Waals surface area (Å²) in [5.41, 5.74) is 1.06. The Hall–Kier alpha value is -1.55. The first-order valence-electron chi connectivity index (χ1n) is 6.24. The van der Waals surface area contributed by atoms with Crippen molar-refractivity contribution in [1.29, 1.82) is 0 Å². The van der Waals surface area contributed by atoms with E-state index < -0.39 is 0 Å². The molecule has 100 valence electrons. The summed E-state index contributed by atoms with van der Waals surface area (Å²) in [4.78, 5) is 11.4. The zero-order valence-electron chi connectivity index (χ0n) is 11.2. The van der Waals surface area contributed by atoms with E-state index in [1.807, 2.05) is 38.1 Å². The number of nitrogens with one attached hydrogen (secondary N) is 1. The molecule has 0 aliphatic heterocycles. The van der Waals surface area contributed by atoms with Crippen molar-refractivity contribution in [2.24, 2.45) is 0 Å². The molecule has 1 atom stereocenters. The Morgan fingerprint density at radius 1 is 1.28 bits per heavy atom. The number of methoxy groups -OCH3 is 1. The molecule has 0 heterocycles. The molecule has 0 radical (unpaired) electrons. The average Bonchev–Trinajstić information content (AvgIpc) is 2.39. The smallest absolute Gasteiger partial charge is 0.307 e. The van der Waals surface area contributed by atoms with Crippen LogP contribution in [-0.2, 0) is 9.53 Å². The lowest BCUT2D eigenvalue weighted by Gasteiger charge is -2.17. The largest absolute Gasteiger partial charge is 0.494 e. The fraction of sp³-hybridized carbons (Fsp3) is 0.500. The van der Waals surface area contributed by atoms with E-state index in [1.165, 1.54) is 7.11 Å². The molecular weight excluding hydrogens is 230 g/mol. The average molecular weight is 251 g/mol. The van der Waals surface area contributed by atoms with Gasteiger partial charge in [0.05, 0.1) is 20.1 Å². The number of rotatable bonds is 7. The maximum Gasteiger partial charge on any atom is 0.307 e. The third-order valence-electron chi connectivity index (χ3n) is 2.64. The number of carbonyl (C=O) groups excluding carboxylic acids is 1. The summed E-state index contributed by atoms with van der Waals surface area (Å²) in [6.45, 7) is 5.42. The summed E-state index contributed by atoms with van der Waals surface area (Å²) in [6.07, 6.45) is 0.332. The highest BCUT2D eigenvalue weighted by Gasteiger charge is 2.15. The minimum atomic E-state index is -0.213. The zero-order valence-corrected chi connectivity index (χ0v) is 11.2. The van der Waals surface area contributed by atoms with Gasteiger partial charge in [-0.3, -0.25) is 4.79 Å². The summed E-state index contributed by atoms with van der Waals surface area (Å²) >= 11 is 0. The van der Waals surface area contributed by atoms with Crippen LogP contribution in [0.25, 0.3) is 0 Å². The highest BCUT2D eigenvalue weighted by atomic mass is 16.5.